The number of methoxy groups -OCH3 is 1. The van der Waals surface area contributed by atoms with Crippen LogP contribution in [-0.4, -0.2) is 26.4 Å². The molecular weight excluding hydrogens is 430 g/mol. The summed E-state index contributed by atoms with van der Waals surface area (Å²) in [5, 5.41) is 8.50. The second-order valence-corrected chi connectivity index (χ2v) is 9.67. The van der Waals surface area contributed by atoms with Crippen molar-refractivity contribution in [3.8, 4) is 15.6 Å². The fraction of sp³-hybridized carbons (Fsp3) is 0.125. The molecule has 11 heteroatoms. The zero-order chi connectivity index (χ0) is 19.8. The summed E-state index contributed by atoms with van der Waals surface area (Å²) in [5.74, 6) is -0.119. The minimum Gasteiger partial charge on any atom is -0.495 e. The second-order valence-electron chi connectivity index (χ2n) is 5.40. The number of anilines is 1. The van der Waals surface area contributed by atoms with Gasteiger partial charge in [-0.05, 0) is 37.3 Å². The number of amides is 1. The molecule has 3 N–H and O–H groups in total. The highest BCUT2D eigenvalue weighted by Gasteiger charge is 2.20. The first kappa shape index (κ1) is 19.8. The van der Waals surface area contributed by atoms with E-state index in [1.807, 2.05) is 6.07 Å². The Morgan fingerprint density at radius 1 is 1.26 bits per heavy atom. The molecule has 0 atom stereocenters. The molecule has 27 heavy (non-hydrogen) atoms. The lowest BCUT2D eigenvalue weighted by atomic mass is 10.2. The van der Waals surface area contributed by atoms with Crippen molar-refractivity contribution in [2.24, 2.45) is 5.14 Å². The number of ether oxygens (including phenoxy) is 1. The number of halogens is 1. The van der Waals surface area contributed by atoms with Crippen LogP contribution < -0.4 is 15.2 Å². The number of sulfonamides is 1. The number of aromatic nitrogens is 1. The van der Waals surface area contributed by atoms with Crippen LogP contribution in [0.5, 0.6) is 5.75 Å². The average Bonchev–Trinajstić information content (AvgIpc) is 3.19. The minimum atomic E-state index is -3.92. The molecule has 2 heterocycles. The Labute approximate surface area is 168 Å². The number of carbonyl (C=O) groups is 1. The fourth-order valence-corrected chi connectivity index (χ4v) is 4.88. The highest BCUT2D eigenvalue weighted by atomic mass is 35.5. The van der Waals surface area contributed by atoms with Crippen molar-refractivity contribution in [2.45, 2.75) is 11.8 Å². The van der Waals surface area contributed by atoms with E-state index in [9.17, 15) is 13.2 Å². The lowest BCUT2D eigenvalue weighted by Gasteiger charge is -2.11. The van der Waals surface area contributed by atoms with Crippen molar-refractivity contribution in [2.75, 3.05) is 12.4 Å². The van der Waals surface area contributed by atoms with E-state index in [1.54, 1.807) is 13.0 Å². The van der Waals surface area contributed by atoms with Crippen LogP contribution in [0.2, 0.25) is 4.34 Å². The molecule has 0 aliphatic heterocycles. The van der Waals surface area contributed by atoms with E-state index in [4.69, 9.17) is 21.5 Å². The highest BCUT2D eigenvalue weighted by molar-refractivity contribution is 7.89. The van der Waals surface area contributed by atoms with Gasteiger partial charge in [0.1, 0.15) is 15.6 Å². The lowest BCUT2D eigenvalue weighted by molar-refractivity contribution is 0.102. The largest absolute Gasteiger partial charge is 0.495 e. The molecule has 3 rings (SSSR count). The van der Waals surface area contributed by atoms with Crippen molar-refractivity contribution in [1.29, 1.82) is 0 Å². The molecule has 0 bridgehead atoms. The summed E-state index contributed by atoms with van der Waals surface area (Å²) in [6.07, 6.45) is 0. The number of thiophene rings is 1. The van der Waals surface area contributed by atoms with Crippen LogP contribution in [0.4, 0.5) is 5.69 Å². The standard InChI is InChI=1S/C16H14ClN3O4S3/c1-8-14(26-16(19-8)12-5-6-13(17)25-12)15(21)20-10-7-9(27(18,22)23)3-4-11(10)24-2/h3-7H,1-2H3,(H,20,21)(H2,18,22,23). The van der Waals surface area contributed by atoms with Gasteiger partial charge in [-0.3, -0.25) is 4.79 Å². The maximum atomic E-state index is 12.7. The number of thiazole rings is 1. The first-order valence-corrected chi connectivity index (χ1v) is 11.0. The van der Waals surface area contributed by atoms with Gasteiger partial charge >= 0.3 is 0 Å². The van der Waals surface area contributed by atoms with Crippen molar-refractivity contribution >= 4 is 55.9 Å². The topological polar surface area (TPSA) is 111 Å². The van der Waals surface area contributed by atoms with Crippen LogP contribution in [0.15, 0.2) is 35.2 Å². The number of carbonyl (C=O) groups excluding carboxylic acids is 1. The van der Waals surface area contributed by atoms with Gasteiger partial charge in [-0.1, -0.05) is 11.6 Å². The number of rotatable bonds is 5. The zero-order valence-corrected chi connectivity index (χ0v) is 17.4. The van der Waals surface area contributed by atoms with E-state index >= 15 is 0 Å². The summed E-state index contributed by atoms with van der Waals surface area (Å²) in [6, 6.07) is 7.59. The second kappa shape index (κ2) is 7.56. The van der Waals surface area contributed by atoms with E-state index in [-0.39, 0.29) is 10.6 Å². The molecule has 0 fully saturated rings. The Balaban J connectivity index is 1.93. The van der Waals surface area contributed by atoms with Crippen molar-refractivity contribution < 1.29 is 17.9 Å². The third kappa shape index (κ3) is 4.30. The van der Waals surface area contributed by atoms with E-state index in [0.29, 0.717) is 25.7 Å². The summed E-state index contributed by atoms with van der Waals surface area (Å²) in [7, 11) is -2.50. The monoisotopic (exact) mass is 443 g/mol. The number of primary sulfonamides is 1. The number of nitrogens with two attached hydrogens (primary N) is 1. The molecule has 0 saturated carbocycles. The molecule has 0 spiro atoms. The van der Waals surface area contributed by atoms with Crippen LogP contribution in [0.25, 0.3) is 9.88 Å². The molecule has 7 nitrogen and oxygen atoms in total. The predicted molar refractivity (Wildman–Crippen MR) is 107 cm³/mol. The van der Waals surface area contributed by atoms with Crippen LogP contribution in [0.1, 0.15) is 15.4 Å². The summed E-state index contributed by atoms with van der Waals surface area (Å²) >= 11 is 8.55. The minimum absolute atomic E-state index is 0.131. The van der Waals surface area contributed by atoms with Gasteiger partial charge in [0.15, 0.2) is 0 Å². The molecule has 1 aromatic carbocycles. The smallest absolute Gasteiger partial charge is 0.267 e. The first-order valence-electron chi connectivity index (χ1n) is 7.44. The Morgan fingerprint density at radius 3 is 2.59 bits per heavy atom. The summed E-state index contributed by atoms with van der Waals surface area (Å²) < 4.78 is 28.9. The van der Waals surface area contributed by atoms with Gasteiger partial charge in [-0.2, -0.15) is 0 Å². The van der Waals surface area contributed by atoms with Crippen LogP contribution in [0.3, 0.4) is 0 Å². The molecular formula is C16H14ClN3O4S3. The lowest BCUT2D eigenvalue weighted by Crippen LogP contribution is -2.15. The molecule has 0 saturated heterocycles. The summed E-state index contributed by atoms with van der Waals surface area (Å²) in [5.41, 5.74) is 0.751. The number of hydrogen-bond donors (Lipinski definition) is 2. The molecule has 2 aromatic heterocycles. The number of nitrogens with one attached hydrogen (secondary N) is 1. The van der Waals surface area contributed by atoms with E-state index in [2.05, 4.69) is 10.3 Å². The van der Waals surface area contributed by atoms with E-state index in [0.717, 1.165) is 4.88 Å². The summed E-state index contributed by atoms with van der Waals surface area (Å²) in [4.78, 5) is 18.3. The SMILES string of the molecule is COc1ccc(S(N)(=O)=O)cc1NC(=O)c1sc(-c2ccc(Cl)s2)nc1C. The number of nitrogens with zero attached hydrogens (tertiary/aromatic N) is 1. The summed E-state index contributed by atoms with van der Waals surface area (Å²) in [6.45, 7) is 1.72. The third-order valence-corrected chi connectivity index (χ3v) is 7.00. The first-order chi connectivity index (χ1) is 12.7. The fourth-order valence-electron chi connectivity index (χ4n) is 2.28. The van der Waals surface area contributed by atoms with Gasteiger partial charge in [0.2, 0.25) is 10.0 Å². The molecule has 3 aromatic rings. The predicted octanol–water partition coefficient (Wildman–Crippen LogP) is 3.74. The van der Waals surface area contributed by atoms with Crippen molar-refractivity contribution in [3.63, 3.8) is 0 Å². The quantitative estimate of drug-likeness (QED) is 0.623. The Morgan fingerprint density at radius 2 is 2.00 bits per heavy atom. The van der Waals surface area contributed by atoms with E-state index < -0.39 is 15.9 Å². The maximum Gasteiger partial charge on any atom is 0.267 e. The van der Waals surface area contributed by atoms with Gasteiger partial charge in [0, 0.05) is 0 Å². The molecule has 0 radical (unpaired) electrons. The van der Waals surface area contributed by atoms with Crippen molar-refractivity contribution in [1.82, 2.24) is 4.98 Å². The Kier molecular flexibility index (Phi) is 5.54. The number of benzene rings is 1. The van der Waals surface area contributed by atoms with Gasteiger partial charge in [-0.15, -0.1) is 22.7 Å². The molecule has 0 aliphatic rings. The highest BCUT2D eigenvalue weighted by Crippen LogP contribution is 2.35. The van der Waals surface area contributed by atoms with Gasteiger partial charge in [0.05, 0.1) is 32.6 Å². The van der Waals surface area contributed by atoms with Gasteiger partial charge in [0.25, 0.3) is 5.91 Å². The van der Waals surface area contributed by atoms with E-state index in [1.165, 1.54) is 48.0 Å². The Hall–Kier alpha value is -1.98. The average molecular weight is 444 g/mol. The number of aryl methyl sites for hydroxylation is 1. The van der Waals surface area contributed by atoms with Crippen LogP contribution in [-0.2, 0) is 10.0 Å². The normalized spacial score (nSPS) is 11.4. The van der Waals surface area contributed by atoms with Crippen LogP contribution in [0, 0.1) is 6.92 Å². The van der Waals surface area contributed by atoms with Crippen LogP contribution >= 0.6 is 34.3 Å². The molecule has 1 amide bonds. The molecule has 0 aliphatic carbocycles. The molecule has 0 unspecified atom stereocenters. The van der Waals surface area contributed by atoms with Gasteiger partial charge in [-0.25, -0.2) is 18.5 Å². The third-order valence-electron chi connectivity index (χ3n) is 3.53. The van der Waals surface area contributed by atoms with Gasteiger partial charge < -0.3 is 10.1 Å². The maximum absolute atomic E-state index is 12.7. The Bertz CT molecular complexity index is 1120. The molecule has 142 valence electrons. The zero-order valence-electron chi connectivity index (χ0n) is 14.1. The number of hydrogen-bond acceptors (Lipinski definition) is 7. The van der Waals surface area contributed by atoms with Crippen molar-refractivity contribution in [3.05, 3.63) is 45.2 Å².